The van der Waals surface area contributed by atoms with Gasteiger partial charge in [-0.25, -0.2) is 0 Å². The van der Waals surface area contributed by atoms with Gasteiger partial charge in [0.1, 0.15) is 5.78 Å². The number of hydrogen-bond acceptors (Lipinski definition) is 2. The number of Topliss-reactive ketones (excluding diaryl/α,β-unsaturated/α-hetero) is 1. The molecule has 9 heavy (non-hydrogen) atoms. The van der Waals surface area contributed by atoms with E-state index in [1.54, 1.807) is 0 Å². The zero-order valence-corrected chi connectivity index (χ0v) is 6.18. The smallest absolute Gasteiger partial charge is 0.136 e. The Morgan fingerprint density at radius 1 is 1.67 bits per heavy atom. The van der Waals surface area contributed by atoms with Crippen LogP contribution < -0.4 is 5.73 Å². The summed E-state index contributed by atoms with van der Waals surface area (Å²) in [5.41, 5.74) is 5.28. The van der Waals surface area contributed by atoms with Gasteiger partial charge >= 0.3 is 0 Å². The molecule has 54 valence electrons. The van der Waals surface area contributed by atoms with Crippen LogP contribution in [-0.4, -0.2) is 12.3 Å². The highest BCUT2D eigenvalue weighted by atomic mass is 16.1. The van der Waals surface area contributed by atoms with Crippen LogP contribution in [0, 0.1) is 5.92 Å². The highest BCUT2D eigenvalue weighted by Gasteiger charge is 2.07. The Balaban J connectivity index is 3.46. The van der Waals surface area contributed by atoms with Gasteiger partial charge in [-0.3, -0.25) is 4.79 Å². The van der Waals surface area contributed by atoms with Gasteiger partial charge in [0, 0.05) is 18.9 Å². The van der Waals surface area contributed by atoms with Crippen LogP contribution in [0.4, 0.5) is 0 Å². The van der Waals surface area contributed by atoms with Crippen molar-refractivity contribution in [3.63, 3.8) is 0 Å². The highest BCUT2D eigenvalue weighted by Crippen LogP contribution is 1.99. The normalized spacial score (nSPS) is 13.2. The van der Waals surface area contributed by atoms with Crippen molar-refractivity contribution in [3.05, 3.63) is 0 Å². The molecule has 0 unspecified atom stereocenters. The van der Waals surface area contributed by atoms with Crippen LogP contribution in [0.5, 0.6) is 0 Å². The third kappa shape index (κ3) is 3.25. The van der Waals surface area contributed by atoms with Crippen LogP contribution in [0.2, 0.25) is 0 Å². The molecule has 0 radical (unpaired) electrons. The van der Waals surface area contributed by atoms with E-state index >= 15 is 0 Å². The first-order valence-corrected chi connectivity index (χ1v) is 3.45. The van der Waals surface area contributed by atoms with E-state index in [9.17, 15) is 4.79 Å². The first kappa shape index (κ1) is 8.63. The van der Waals surface area contributed by atoms with Gasteiger partial charge in [-0.15, -0.1) is 0 Å². The van der Waals surface area contributed by atoms with E-state index in [0.29, 0.717) is 18.7 Å². The number of carbonyl (C=O) groups excluding carboxylic acids is 1. The van der Waals surface area contributed by atoms with Crippen molar-refractivity contribution in [2.45, 2.75) is 26.7 Å². The highest BCUT2D eigenvalue weighted by molar-refractivity contribution is 5.80. The average Bonchev–Trinajstić information content (AvgIpc) is 1.87. The Bertz CT molecular complexity index is 90.9. The molecule has 0 heterocycles. The van der Waals surface area contributed by atoms with Gasteiger partial charge in [-0.2, -0.15) is 0 Å². The predicted molar refractivity (Wildman–Crippen MR) is 38.1 cm³/mol. The van der Waals surface area contributed by atoms with Crippen LogP contribution in [0.1, 0.15) is 26.7 Å². The average molecular weight is 129 g/mol. The first-order valence-electron chi connectivity index (χ1n) is 3.45. The van der Waals surface area contributed by atoms with Gasteiger partial charge in [-0.1, -0.05) is 13.8 Å². The topological polar surface area (TPSA) is 43.1 Å². The Hall–Kier alpha value is -0.370. The van der Waals surface area contributed by atoms with E-state index in [2.05, 4.69) is 0 Å². The summed E-state index contributed by atoms with van der Waals surface area (Å²) < 4.78 is 0. The second-order valence-electron chi connectivity index (χ2n) is 2.35. The number of carbonyl (C=O) groups is 1. The molecular formula is C7H15NO. The maximum absolute atomic E-state index is 10.9. The molecule has 2 N–H and O–H groups in total. The fourth-order valence-electron chi connectivity index (χ4n) is 0.624. The third-order valence-corrected chi connectivity index (χ3v) is 1.40. The van der Waals surface area contributed by atoms with E-state index < -0.39 is 0 Å². The largest absolute Gasteiger partial charge is 0.330 e. The Morgan fingerprint density at radius 3 is 2.56 bits per heavy atom. The van der Waals surface area contributed by atoms with E-state index in [-0.39, 0.29) is 5.92 Å². The van der Waals surface area contributed by atoms with Crippen molar-refractivity contribution >= 4 is 5.78 Å². The maximum atomic E-state index is 10.9. The van der Waals surface area contributed by atoms with Crippen LogP contribution in [0.3, 0.4) is 0 Å². The van der Waals surface area contributed by atoms with Crippen LogP contribution in [-0.2, 0) is 4.79 Å². The molecule has 0 amide bonds. The van der Waals surface area contributed by atoms with Gasteiger partial charge in [0.05, 0.1) is 0 Å². The van der Waals surface area contributed by atoms with E-state index in [1.165, 1.54) is 0 Å². The molecular weight excluding hydrogens is 114 g/mol. The molecule has 2 heteroatoms. The van der Waals surface area contributed by atoms with E-state index in [4.69, 9.17) is 5.73 Å². The minimum absolute atomic E-state index is 0.0601. The molecule has 0 bridgehead atoms. The summed E-state index contributed by atoms with van der Waals surface area (Å²) in [6.45, 7) is 4.36. The second kappa shape index (κ2) is 4.50. The van der Waals surface area contributed by atoms with Gasteiger partial charge < -0.3 is 5.73 Å². The summed E-state index contributed by atoms with van der Waals surface area (Å²) in [4.78, 5) is 10.9. The Kier molecular flexibility index (Phi) is 4.32. The zero-order chi connectivity index (χ0) is 7.28. The number of nitrogens with two attached hydrogens (primary N) is 1. The molecule has 0 aromatic heterocycles. The summed E-state index contributed by atoms with van der Waals surface area (Å²) in [6.07, 6.45) is 1.61. The van der Waals surface area contributed by atoms with Crippen LogP contribution in [0.25, 0.3) is 0 Å². The summed E-state index contributed by atoms with van der Waals surface area (Å²) in [5, 5.41) is 0. The molecule has 0 spiro atoms. The number of hydrogen-bond donors (Lipinski definition) is 1. The zero-order valence-electron chi connectivity index (χ0n) is 6.18. The molecule has 0 aliphatic carbocycles. The summed E-state index contributed by atoms with van der Waals surface area (Å²) in [5.74, 6) is 0.352. The Morgan fingerprint density at radius 2 is 2.22 bits per heavy atom. The molecule has 1 atom stereocenters. The molecule has 0 aliphatic heterocycles. The monoisotopic (exact) mass is 129 g/mol. The summed E-state index contributed by atoms with van der Waals surface area (Å²) in [6, 6.07) is 0. The summed E-state index contributed by atoms with van der Waals surface area (Å²) >= 11 is 0. The van der Waals surface area contributed by atoms with Gasteiger partial charge in [0.25, 0.3) is 0 Å². The van der Waals surface area contributed by atoms with Crippen LogP contribution >= 0.6 is 0 Å². The van der Waals surface area contributed by atoms with Crippen molar-refractivity contribution in [3.8, 4) is 0 Å². The fraction of sp³-hybridized carbons (Fsp3) is 0.857. The maximum Gasteiger partial charge on any atom is 0.136 e. The minimum atomic E-state index is 0.0601. The lowest BCUT2D eigenvalue weighted by Crippen LogP contribution is -2.19. The van der Waals surface area contributed by atoms with E-state index in [0.717, 1.165) is 6.42 Å². The number of ketones is 1. The standard InChI is InChI=1S/C7H15NO/c1-3-4-7(9)6(2)5-8/h6H,3-5,8H2,1-2H3/t6-/m1/s1. The quantitative estimate of drug-likeness (QED) is 0.614. The minimum Gasteiger partial charge on any atom is -0.330 e. The van der Waals surface area contributed by atoms with Gasteiger partial charge in [-0.05, 0) is 6.42 Å². The molecule has 0 aliphatic rings. The number of rotatable bonds is 4. The molecule has 0 rings (SSSR count). The lowest BCUT2D eigenvalue weighted by atomic mass is 10.0. The third-order valence-electron chi connectivity index (χ3n) is 1.40. The van der Waals surface area contributed by atoms with E-state index in [1.807, 2.05) is 13.8 Å². The Labute approximate surface area is 56.4 Å². The van der Waals surface area contributed by atoms with Gasteiger partial charge in [0.15, 0.2) is 0 Å². The molecule has 0 aromatic carbocycles. The molecule has 0 aromatic rings. The van der Waals surface area contributed by atoms with Crippen molar-refractivity contribution in [1.82, 2.24) is 0 Å². The van der Waals surface area contributed by atoms with Crippen molar-refractivity contribution in [2.75, 3.05) is 6.54 Å². The SMILES string of the molecule is CCCC(=O)[C@H](C)CN. The lowest BCUT2D eigenvalue weighted by molar-refractivity contribution is -0.122. The molecule has 2 nitrogen and oxygen atoms in total. The molecule has 0 saturated carbocycles. The fourth-order valence-corrected chi connectivity index (χ4v) is 0.624. The summed E-state index contributed by atoms with van der Waals surface area (Å²) in [7, 11) is 0. The van der Waals surface area contributed by atoms with Crippen molar-refractivity contribution in [1.29, 1.82) is 0 Å². The molecule has 0 fully saturated rings. The van der Waals surface area contributed by atoms with Crippen molar-refractivity contribution < 1.29 is 4.79 Å². The van der Waals surface area contributed by atoms with Gasteiger partial charge in [0.2, 0.25) is 0 Å². The first-order chi connectivity index (χ1) is 4.22. The van der Waals surface area contributed by atoms with Crippen LogP contribution in [0.15, 0.2) is 0 Å². The second-order valence-corrected chi connectivity index (χ2v) is 2.35. The molecule has 0 saturated heterocycles. The predicted octanol–water partition coefficient (Wildman–Crippen LogP) is 0.950. The van der Waals surface area contributed by atoms with Crippen molar-refractivity contribution in [2.24, 2.45) is 11.7 Å². The lowest BCUT2D eigenvalue weighted by Gasteiger charge is -2.03.